The van der Waals surface area contributed by atoms with Gasteiger partial charge in [-0.05, 0) is 49.2 Å². The van der Waals surface area contributed by atoms with Gasteiger partial charge >= 0.3 is 0 Å². The van der Waals surface area contributed by atoms with Gasteiger partial charge in [0.25, 0.3) is 5.91 Å². The highest BCUT2D eigenvalue weighted by atomic mass is 19.1. The fraction of sp³-hybridized carbons (Fsp3) is 0.353. The number of rotatable bonds is 4. The molecule has 0 radical (unpaired) electrons. The minimum absolute atomic E-state index is 0.108. The predicted molar refractivity (Wildman–Crippen MR) is 78.8 cm³/mol. The quantitative estimate of drug-likeness (QED) is 0.871. The number of ether oxygens (including phenoxy) is 1. The highest BCUT2D eigenvalue weighted by Crippen LogP contribution is 2.20. The van der Waals surface area contributed by atoms with E-state index in [0.29, 0.717) is 25.3 Å². The Balaban J connectivity index is 1.82. The number of amides is 1. The molecule has 0 aliphatic carbocycles. The van der Waals surface area contributed by atoms with Crippen molar-refractivity contribution in [2.45, 2.75) is 25.4 Å². The van der Waals surface area contributed by atoms with Crippen LogP contribution in [0, 0.1) is 5.82 Å². The molecule has 22 heavy (non-hydrogen) atoms. The predicted octanol–water partition coefficient (Wildman–Crippen LogP) is 3.24. The topological polar surface area (TPSA) is 42.7 Å². The Kier molecular flexibility index (Phi) is 4.53. The standard InChI is InChI=1S/C17H18FNO3/c18-14-5-3-13(4-6-14)17(20)19(12-16-2-1-9-22-16)15-7-10-21-11-8-15/h1-6,9,15H,7-8,10-12H2. The van der Waals surface area contributed by atoms with Gasteiger partial charge in [-0.25, -0.2) is 4.39 Å². The lowest BCUT2D eigenvalue weighted by atomic mass is 10.0. The molecule has 4 nitrogen and oxygen atoms in total. The van der Waals surface area contributed by atoms with E-state index >= 15 is 0 Å². The summed E-state index contributed by atoms with van der Waals surface area (Å²) >= 11 is 0. The largest absolute Gasteiger partial charge is 0.467 e. The average molecular weight is 303 g/mol. The summed E-state index contributed by atoms with van der Waals surface area (Å²) in [4.78, 5) is 14.6. The monoisotopic (exact) mass is 303 g/mol. The Morgan fingerprint density at radius 2 is 1.91 bits per heavy atom. The summed E-state index contributed by atoms with van der Waals surface area (Å²) in [6.45, 7) is 1.71. The summed E-state index contributed by atoms with van der Waals surface area (Å²) in [7, 11) is 0. The number of halogens is 1. The second kappa shape index (κ2) is 6.75. The number of hydrogen-bond donors (Lipinski definition) is 0. The lowest BCUT2D eigenvalue weighted by Gasteiger charge is -2.34. The van der Waals surface area contributed by atoms with Crippen LogP contribution < -0.4 is 0 Å². The second-order valence-corrected chi connectivity index (χ2v) is 5.36. The van der Waals surface area contributed by atoms with E-state index in [-0.39, 0.29) is 17.8 Å². The molecule has 2 heterocycles. The van der Waals surface area contributed by atoms with Crippen molar-refractivity contribution in [1.82, 2.24) is 4.90 Å². The van der Waals surface area contributed by atoms with E-state index in [9.17, 15) is 9.18 Å². The van der Waals surface area contributed by atoms with Gasteiger partial charge in [0.05, 0.1) is 12.8 Å². The van der Waals surface area contributed by atoms with E-state index in [2.05, 4.69) is 0 Å². The first-order chi connectivity index (χ1) is 10.7. The number of carbonyl (C=O) groups excluding carboxylic acids is 1. The Morgan fingerprint density at radius 1 is 1.18 bits per heavy atom. The third-order valence-corrected chi connectivity index (χ3v) is 3.89. The van der Waals surface area contributed by atoms with E-state index < -0.39 is 0 Å². The smallest absolute Gasteiger partial charge is 0.254 e. The van der Waals surface area contributed by atoms with E-state index in [1.165, 1.54) is 24.3 Å². The first-order valence-electron chi connectivity index (χ1n) is 7.41. The van der Waals surface area contributed by atoms with Crippen LogP contribution in [-0.2, 0) is 11.3 Å². The SMILES string of the molecule is O=C(c1ccc(F)cc1)N(Cc1ccco1)C1CCOCC1. The van der Waals surface area contributed by atoms with Crippen molar-refractivity contribution in [1.29, 1.82) is 0 Å². The molecule has 0 bridgehead atoms. The van der Waals surface area contributed by atoms with Gasteiger partial charge in [0.2, 0.25) is 0 Å². The minimum Gasteiger partial charge on any atom is -0.467 e. The molecule has 1 aliphatic heterocycles. The van der Waals surface area contributed by atoms with Crippen molar-refractivity contribution in [2.24, 2.45) is 0 Å². The zero-order valence-corrected chi connectivity index (χ0v) is 12.2. The van der Waals surface area contributed by atoms with Crippen molar-refractivity contribution in [3.05, 3.63) is 59.8 Å². The highest BCUT2D eigenvalue weighted by molar-refractivity contribution is 5.94. The fourth-order valence-electron chi connectivity index (χ4n) is 2.69. The maximum absolute atomic E-state index is 13.1. The molecule has 1 saturated heterocycles. The molecule has 5 heteroatoms. The molecule has 2 aromatic rings. The molecule has 0 atom stereocenters. The third kappa shape index (κ3) is 3.36. The number of nitrogens with zero attached hydrogens (tertiary/aromatic N) is 1. The maximum Gasteiger partial charge on any atom is 0.254 e. The fourth-order valence-corrected chi connectivity index (χ4v) is 2.69. The van der Waals surface area contributed by atoms with E-state index in [1.807, 2.05) is 6.07 Å². The molecule has 3 rings (SSSR count). The van der Waals surface area contributed by atoms with Gasteiger partial charge in [-0.1, -0.05) is 0 Å². The van der Waals surface area contributed by atoms with Gasteiger partial charge < -0.3 is 14.1 Å². The molecule has 0 N–H and O–H groups in total. The summed E-state index contributed by atoms with van der Waals surface area (Å²) in [5.41, 5.74) is 0.486. The molecule has 116 valence electrons. The Hall–Kier alpha value is -2.14. The van der Waals surface area contributed by atoms with Crippen molar-refractivity contribution in [2.75, 3.05) is 13.2 Å². The zero-order valence-electron chi connectivity index (χ0n) is 12.2. The normalized spacial score (nSPS) is 15.7. The second-order valence-electron chi connectivity index (χ2n) is 5.36. The van der Waals surface area contributed by atoms with Gasteiger partial charge in [0, 0.05) is 24.8 Å². The summed E-state index contributed by atoms with van der Waals surface area (Å²) in [6.07, 6.45) is 3.20. The van der Waals surface area contributed by atoms with E-state index in [0.717, 1.165) is 18.6 Å². The van der Waals surface area contributed by atoms with Crippen LogP contribution >= 0.6 is 0 Å². The van der Waals surface area contributed by atoms with Crippen molar-refractivity contribution >= 4 is 5.91 Å². The van der Waals surface area contributed by atoms with Gasteiger partial charge in [0.1, 0.15) is 11.6 Å². The van der Waals surface area contributed by atoms with Crippen LogP contribution in [0.3, 0.4) is 0 Å². The summed E-state index contributed by atoms with van der Waals surface area (Å²) in [5.74, 6) is 0.283. The molecular formula is C17H18FNO3. The summed E-state index contributed by atoms with van der Waals surface area (Å²) < 4.78 is 23.8. The Labute approximate surface area is 128 Å². The van der Waals surface area contributed by atoms with Crippen molar-refractivity contribution < 1.29 is 18.3 Å². The summed E-state index contributed by atoms with van der Waals surface area (Å²) in [6, 6.07) is 9.42. The molecule has 1 amide bonds. The first-order valence-corrected chi connectivity index (χ1v) is 7.41. The third-order valence-electron chi connectivity index (χ3n) is 3.89. The number of benzene rings is 1. The van der Waals surface area contributed by atoms with Crippen molar-refractivity contribution in [3.63, 3.8) is 0 Å². The van der Waals surface area contributed by atoms with Crippen LogP contribution in [0.5, 0.6) is 0 Å². The average Bonchev–Trinajstić information content (AvgIpc) is 3.07. The molecule has 1 fully saturated rings. The van der Waals surface area contributed by atoms with Gasteiger partial charge in [-0.2, -0.15) is 0 Å². The molecular weight excluding hydrogens is 285 g/mol. The lowest BCUT2D eigenvalue weighted by Crippen LogP contribution is -2.42. The minimum atomic E-state index is -0.347. The molecule has 0 spiro atoms. The Bertz CT molecular complexity index is 603. The van der Waals surface area contributed by atoms with Gasteiger partial charge in [-0.3, -0.25) is 4.79 Å². The molecule has 0 saturated carbocycles. The van der Waals surface area contributed by atoms with Crippen LogP contribution in [0.15, 0.2) is 47.1 Å². The van der Waals surface area contributed by atoms with E-state index in [1.54, 1.807) is 17.2 Å². The molecule has 1 aliphatic rings. The van der Waals surface area contributed by atoms with Crippen molar-refractivity contribution in [3.8, 4) is 0 Å². The molecule has 0 unspecified atom stereocenters. The van der Waals surface area contributed by atoms with Gasteiger partial charge in [0.15, 0.2) is 0 Å². The first kappa shape index (κ1) is 14.8. The number of hydrogen-bond acceptors (Lipinski definition) is 3. The highest BCUT2D eigenvalue weighted by Gasteiger charge is 2.27. The Morgan fingerprint density at radius 3 is 2.55 bits per heavy atom. The maximum atomic E-state index is 13.1. The summed E-state index contributed by atoms with van der Waals surface area (Å²) in [5, 5.41) is 0. The molecule has 1 aromatic heterocycles. The van der Waals surface area contributed by atoms with Gasteiger partial charge in [-0.15, -0.1) is 0 Å². The number of carbonyl (C=O) groups is 1. The van der Waals surface area contributed by atoms with Crippen LogP contribution in [0.25, 0.3) is 0 Å². The number of furan rings is 1. The zero-order chi connectivity index (χ0) is 15.4. The van der Waals surface area contributed by atoms with Crippen LogP contribution in [-0.4, -0.2) is 30.1 Å². The molecule has 1 aromatic carbocycles. The van der Waals surface area contributed by atoms with Crippen LogP contribution in [0.2, 0.25) is 0 Å². The lowest BCUT2D eigenvalue weighted by molar-refractivity contribution is 0.0250. The van der Waals surface area contributed by atoms with Crippen LogP contribution in [0.1, 0.15) is 29.0 Å². The van der Waals surface area contributed by atoms with E-state index in [4.69, 9.17) is 9.15 Å². The van der Waals surface area contributed by atoms with Crippen LogP contribution in [0.4, 0.5) is 4.39 Å².